The highest BCUT2D eigenvalue weighted by Gasteiger charge is 2.36. The molecule has 1 aromatic carbocycles. The van der Waals surface area contributed by atoms with Gasteiger partial charge in [-0.15, -0.1) is 0 Å². The van der Waals surface area contributed by atoms with Gasteiger partial charge in [0.2, 0.25) is 6.41 Å². The summed E-state index contributed by atoms with van der Waals surface area (Å²) in [5.41, 5.74) is 7.39. The van der Waals surface area contributed by atoms with Crippen LogP contribution in [0.3, 0.4) is 0 Å². The molecule has 2 heterocycles. The van der Waals surface area contributed by atoms with Crippen molar-refractivity contribution in [3.8, 4) is 11.3 Å². The lowest BCUT2D eigenvalue weighted by Crippen LogP contribution is -2.56. The van der Waals surface area contributed by atoms with Crippen molar-refractivity contribution in [2.24, 2.45) is 5.73 Å². The number of halogens is 1. The number of hydrogen-bond acceptors (Lipinski definition) is 7. The molecule has 1 saturated heterocycles. The molecular weight excluding hydrogens is 512 g/mol. The Morgan fingerprint density at radius 3 is 2.71 bits per heavy atom. The number of amides is 3. The number of carbonyl (C=O) groups is 3. The fourth-order valence-corrected chi connectivity index (χ4v) is 3.90. The molecule has 38 heavy (non-hydrogen) atoms. The third-order valence-electron chi connectivity index (χ3n) is 5.55. The quantitative estimate of drug-likeness (QED) is 0.236. The first-order valence-corrected chi connectivity index (χ1v) is 12.8. The van der Waals surface area contributed by atoms with Crippen LogP contribution in [-0.4, -0.2) is 58.3 Å². The Balaban J connectivity index is 1.63. The van der Waals surface area contributed by atoms with Gasteiger partial charge in [0.25, 0.3) is 0 Å². The van der Waals surface area contributed by atoms with Crippen LogP contribution in [0.15, 0.2) is 30.4 Å². The van der Waals surface area contributed by atoms with Crippen molar-refractivity contribution in [2.45, 2.75) is 64.7 Å². The van der Waals surface area contributed by atoms with E-state index in [1.165, 1.54) is 4.90 Å². The molecule has 1 atom stereocenters. The summed E-state index contributed by atoms with van der Waals surface area (Å²) in [5, 5.41) is 5.53. The molecule has 2 aromatic rings. The second-order valence-electron chi connectivity index (χ2n) is 9.95. The van der Waals surface area contributed by atoms with Crippen LogP contribution >= 0.6 is 11.6 Å². The molecule has 0 bridgehead atoms. The molecule has 3 rings (SSSR count). The predicted molar refractivity (Wildman–Crippen MR) is 146 cm³/mol. The number of nitrogens with zero attached hydrogens (tertiary/aromatic N) is 2. The minimum absolute atomic E-state index is 0.246. The molecular formula is C26H35ClN6O5. The zero-order valence-electron chi connectivity index (χ0n) is 22.0. The summed E-state index contributed by atoms with van der Waals surface area (Å²) in [6, 6.07) is 4.51. The van der Waals surface area contributed by atoms with E-state index in [2.05, 4.69) is 33.6 Å². The van der Waals surface area contributed by atoms with Crippen molar-refractivity contribution in [2.75, 3.05) is 23.7 Å². The molecule has 12 heteroatoms. The minimum atomic E-state index is -0.689. The van der Waals surface area contributed by atoms with Gasteiger partial charge in [-0.2, -0.15) is 0 Å². The molecule has 0 spiro atoms. The highest BCUT2D eigenvalue weighted by molar-refractivity contribution is 6.32. The van der Waals surface area contributed by atoms with Gasteiger partial charge in [0.15, 0.2) is 0 Å². The molecule has 1 unspecified atom stereocenters. The van der Waals surface area contributed by atoms with Gasteiger partial charge >= 0.3 is 12.2 Å². The fraction of sp³-hybridized carbons (Fsp3) is 0.462. The van der Waals surface area contributed by atoms with E-state index in [4.69, 9.17) is 26.8 Å². The summed E-state index contributed by atoms with van der Waals surface area (Å²) < 4.78 is 10.7. The van der Waals surface area contributed by atoms with Gasteiger partial charge in [0.1, 0.15) is 28.4 Å². The van der Waals surface area contributed by atoms with Gasteiger partial charge in [0, 0.05) is 11.3 Å². The number of carbonyl (C=O) groups excluding carboxylic acids is 3. The van der Waals surface area contributed by atoms with Gasteiger partial charge in [-0.05, 0) is 51.8 Å². The SMILES string of the molecule is CCC/C=C/CC(N)c1nc(-c2ccc(NC(=O)OC3CN(C(=O)OC(C)(C)C)C3)cc2NC=O)c(Cl)[nH]1. The number of aromatic amines is 1. The average Bonchev–Trinajstić information content (AvgIpc) is 3.19. The molecule has 1 aliphatic rings. The van der Waals surface area contributed by atoms with Crippen LogP contribution in [0.2, 0.25) is 5.15 Å². The van der Waals surface area contributed by atoms with Crippen LogP contribution in [0.1, 0.15) is 58.8 Å². The second-order valence-corrected chi connectivity index (χ2v) is 10.3. The number of anilines is 2. The Bertz CT molecular complexity index is 1170. The van der Waals surface area contributed by atoms with Crippen LogP contribution in [-0.2, 0) is 14.3 Å². The average molecular weight is 547 g/mol. The van der Waals surface area contributed by atoms with E-state index in [-0.39, 0.29) is 24.3 Å². The third-order valence-corrected chi connectivity index (χ3v) is 5.82. The Kier molecular flexibility index (Phi) is 9.76. The predicted octanol–water partition coefficient (Wildman–Crippen LogP) is 5.21. The van der Waals surface area contributed by atoms with Crippen LogP contribution in [0.4, 0.5) is 21.0 Å². The summed E-state index contributed by atoms with van der Waals surface area (Å²) >= 11 is 6.42. The van der Waals surface area contributed by atoms with Crippen molar-refractivity contribution in [3.05, 3.63) is 41.3 Å². The normalized spacial score (nSPS) is 14.6. The molecule has 5 N–H and O–H groups in total. The largest absolute Gasteiger partial charge is 0.444 e. The molecule has 0 radical (unpaired) electrons. The van der Waals surface area contributed by atoms with E-state index in [0.717, 1.165) is 12.8 Å². The zero-order valence-corrected chi connectivity index (χ0v) is 22.8. The maximum atomic E-state index is 12.4. The lowest BCUT2D eigenvalue weighted by Gasteiger charge is -2.38. The number of unbranched alkanes of at least 4 members (excludes halogenated alkanes) is 1. The van der Waals surface area contributed by atoms with E-state index < -0.39 is 23.9 Å². The number of hydrogen-bond donors (Lipinski definition) is 4. The number of rotatable bonds is 10. The van der Waals surface area contributed by atoms with Crippen LogP contribution in [0.5, 0.6) is 0 Å². The molecule has 3 amide bonds. The number of imidazole rings is 1. The number of benzene rings is 1. The molecule has 1 aliphatic heterocycles. The van der Waals surface area contributed by atoms with E-state index >= 15 is 0 Å². The van der Waals surface area contributed by atoms with E-state index in [1.54, 1.807) is 39.0 Å². The lowest BCUT2D eigenvalue weighted by atomic mass is 10.1. The van der Waals surface area contributed by atoms with Gasteiger partial charge in [0.05, 0.1) is 24.8 Å². The molecule has 11 nitrogen and oxygen atoms in total. The molecule has 1 fully saturated rings. The fourth-order valence-electron chi connectivity index (χ4n) is 3.66. The highest BCUT2D eigenvalue weighted by atomic mass is 35.5. The van der Waals surface area contributed by atoms with Crippen molar-refractivity contribution in [1.29, 1.82) is 0 Å². The number of H-pyrrole nitrogens is 1. The molecule has 206 valence electrons. The molecule has 0 aliphatic carbocycles. The van der Waals surface area contributed by atoms with Crippen LogP contribution < -0.4 is 16.4 Å². The number of nitrogens with two attached hydrogens (primary N) is 1. The third kappa shape index (κ3) is 7.96. The van der Waals surface area contributed by atoms with Crippen LogP contribution in [0.25, 0.3) is 11.3 Å². The van der Waals surface area contributed by atoms with Crippen molar-refractivity contribution in [1.82, 2.24) is 14.9 Å². The maximum absolute atomic E-state index is 12.4. The number of allylic oxidation sites excluding steroid dienone is 1. The maximum Gasteiger partial charge on any atom is 0.412 e. The Hall–Kier alpha value is -3.57. The first-order chi connectivity index (χ1) is 18.0. The van der Waals surface area contributed by atoms with Crippen molar-refractivity contribution < 1.29 is 23.9 Å². The number of likely N-dealkylation sites (tertiary alicyclic amines) is 1. The number of aromatic nitrogens is 2. The van der Waals surface area contributed by atoms with E-state index in [9.17, 15) is 14.4 Å². The van der Waals surface area contributed by atoms with Crippen molar-refractivity contribution >= 4 is 41.6 Å². The lowest BCUT2D eigenvalue weighted by molar-refractivity contribution is -0.105. The Morgan fingerprint density at radius 1 is 1.32 bits per heavy atom. The summed E-state index contributed by atoms with van der Waals surface area (Å²) in [7, 11) is 0. The summed E-state index contributed by atoms with van der Waals surface area (Å²) in [5.74, 6) is 0.523. The first-order valence-electron chi connectivity index (χ1n) is 12.5. The number of nitrogens with one attached hydrogen (secondary N) is 3. The topological polar surface area (TPSA) is 152 Å². The van der Waals surface area contributed by atoms with Gasteiger partial charge in [-0.1, -0.05) is 37.1 Å². The van der Waals surface area contributed by atoms with Crippen LogP contribution in [0, 0.1) is 0 Å². The Labute approximate surface area is 227 Å². The monoisotopic (exact) mass is 546 g/mol. The molecule has 1 aromatic heterocycles. The minimum Gasteiger partial charge on any atom is -0.444 e. The second kappa shape index (κ2) is 12.8. The van der Waals surface area contributed by atoms with Crippen molar-refractivity contribution in [3.63, 3.8) is 0 Å². The number of ether oxygens (including phenoxy) is 2. The summed E-state index contributed by atoms with van der Waals surface area (Å²) in [6.07, 6.45) is 5.67. The van der Waals surface area contributed by atoms with Gasteiger partial charge < -0.3 is 30.4 Å². The van der Waals surface area contributed by atoms with E-state index in [0.29, 0.717) is 41.3 Å². The molecule has 0 saturated carbocycles. The van der Waals surface area contributed by atoms with Gasteiger partial charge in [-0.25, -0.2) is 14.6 Å². The van der Waals surface area contributed by atoms with E-state index in [1.807, 2.05) is 6.08 Å². The standard InChI is InChI=1S/C26H35ClN6O5/c1-5-6-7-8-9-19(28)23-31-21(22(27)32-23)18-11-10-16(12-20(18)29-15-34)30-24(35)37-17-13-33(14-17)25(36)38-26(2,3)4/h7-8,10-12,15,17,19H,5-6,9,13-14,28H2,1-4H3,(H,29,34)(H,30,35)(H,31,32)/b8-7+. The Morgan fingerprint density at radius 2 is 2.05 bits per heavy atom. The summed E-state index contributed by atoms with van der Waals surface area (Å²) in [4.78, 5) is 44.7. The first kappa shape index (κ1) is 29.0. The summed E-state index contributed by atoms with van der Waals surface area (Å²) in [6.45, 7) is 7.95. The smallest absolute Gasteiger partial charge is 0.412 e. The highest BCUT2D eigenvalue weighted by Crippen LogP contribution is 2.34. The van der Waals surface area contributed by atoms with Gasteiger partial charge in [-0.3, -0.25) is 10.1 Å². The zero-order chi connectivity index (χ0) is 27.9.